The first-order valence-electron chi connectivity index (χ1n) is 7.62. The van der Waals surface area contributed by atoms with Crippen molar-refractivity contribution in [2.75, 3.05) is 5.32 Å². The fourth-order valence-electron chi connectivity index (χ4n) is 2.70. The largest absolute Gasteiger partial charge is 0.360 e. The first kappa shape index (κ1) is 16.7. The average molecular weight is 388 g/mol. The number of carbonyl (C=O) groups is 1. The topological polar surface area (TPSA) is 74.8 Å². The number of hydrogen-bond acceptors (Lipinski definition) is 4. The summed E-state index contributed by atoms with van der Waals surface area (Å²) in [5.41, 5.74) is 1.47. The monoisotopic (exact) mass is 387 g/mol. The van der Waals surface area contributed by atoms with Crippen molar-refractivity contribution in [3.05, 3.63) is 68.7 Å². The van der Waals surface area contributed by atoms with Gasteiger partial charge in [-0.1, -0.05) is 22.9 Å². The molecule has 2 aromatic heterocycles. The van der Waals surface area contributed by atoms with Crippen LogP contribution in [0.5, 0.6) is 0 Å². The van der Waals surface area contributed by atoms with Crippen molar-refractivity contribution < 1.29 is 9.18 Å². The third kappa shape index (κ3) is 2.75. The number of rotatable bonds is 2. The zero-order valence-corrected chi connectivity index (χ0v) is 15.0. The Kier molecular flexibility index (Phi) is 3.97. The van der Waals surface area contributed by atoms with Gasteiger partial charge in [-0.2, -0.15) is 0 Å². The van der Waals surface area contributed by atoms with Crippen molar-refractivity contribution in [1.29, 1.82) is 0 Å². The van der Waals surface area contributed by atoms with Gasteiger partial charge in [0.05, 0.1) is 15.7 Å². The summed E-state index contributed by atoms with van der Waals surface area (Å²) in [6.07, 6.45) is 1.36. The van der Waals surface area contributed by atoms with Crippen LogP contribution < -0.4 is 10.7 Å². The van der Waals surface area contributed by atoms with Crippen molar-refractivity contribution in [2.24, 2.45) is 0 Å². The summed E-state index contributed by atoms with van der Waals surface area (Å²) in [5, 5.41) is 3.81. The third-order valence-electron chi connectivity index (χ3n) is 4.06. The van der Waals surface area contributed by atoms with Gasteiger partial charge in [0, 0.05) is 16.6 Å². The van der Waals surface area contributed by atoms with Crippen molar-refractivity contribution >= 4 is 55.1 Å². The quantitative estimate of drug-likeness (QED) is 0.532. The van der Waals surface area contributed by atoms with Crippen LogP contribution in [0.4, 0.5) is 9.52 Å². The minimum atomic E-state index is -0.583. The summed E-state index contributed by atoms with van der Waals surface area (Å²) in [5.74, 6) is -0.959. The number of nitrogens with zero attached hydrogens (tertiary/aromatic N) is 1. The highest BCUT2D eigenvalue weighted by Gasteiger charge is 2.16. The first-order chi connectivity index (χ1) is 12.4. The Morgan fingerprint density at radius 2 is 2.12 bits per heavy atom. The number of aryl methyl sites for hydroxylation is 1. The molecule has 0 unspecified atom stereocenters. The Balaban J connectivity index is 1.72. The lowest BCUT2D eigenvalue weighted by Gasteiger charge is -2.06. The van der Waals surface area contributed by atoms with Gasteiger partial charge in [-0.3, -0.25) is 14.9 Å². The third-order valence-corrected chi connectivity index (χ3v) is 5.41. The van der Waals surface area contributed by atoms with E-state index in [9.17, 15) is 14.0 Å². The van der Waals surface area contributed by atoms with E-state index in [2.05, 4.69) is 15.3 Å². The number of pyridine rings is 1. The van der Waals surface area contributed by atoms with E-state index in [-0.39, 0.29) is 11.4 Å². The molecule has 0 atom stereocenters. The van der Waals surface area contributed by atoms with Crippen LogP contribution in [0.1, 0.15) is 15.9 Å². The molecule has 0 aliphatic carbocycles. The molecule has 0 aliphatic rings. The summed E-state index contributed by atoms with van der Waals surface area (Å²) in [6, 6.07) is 7.39. The molecule has 0 fully saturated rings. The van der Waals surface area contributed by atoms with E-state index in [4.69, 9.17) is 11.6 Å². The van der Waals surface area contributed by atoms with Gasteiger partial charge >= 0.3 is 0 Å². The normalized spacial score (nSPS) is 11.2. The number of aromatic amines is 1. The number of hydrogen-bond donors (Lipinski definition) is 2. The number of anilines is 1. The van der Waals surface area contributed by atoms with Crippen LogP contribution in [-0.2, 0) is 0 Å². The SMILES string of the molecule is Cc1c(Cl)ccc2c(=O)c(C(=O)Nc3nc4ccc(F)cc4s3)c[nH]c12. The lowest BCUT2D eigenvalue weighted by molar-refractivity contribution is 0.102. The van der Waals surface area contributed by atoms with Crippen LogP contribution >= 0.6 is 22.9 Å². The fourth-order valence-corrected chi connectivity index (χ4v) is 3.74. The van der Waals surface area contributed by atoms with Gasteiger partial charge in [0.1, 0.15) is 11.4 Å². The van der Waals surface area contributed by atoms with E-state index >= 15 is 0 Å². The molecule has 4 rings (SSSR count). The summed E-state index contributed by atoms with van der Waals surface area (Å²) in [7, 11) is 0. The van der Waals surface area contributed by atoms with E-state index in [0.717, 1.165) is 16.9 Å². The Labute approximate surface area is 155 Å². The summed E-state index contributed by atoms with van der Waals surface area (Å²) >= 11 is 7.20. The van der Waals surface area contributed by atoms with Crippen LogP contribution in [-0.4, -0.2) is 15.9 Å². The number of nitrogens with one attached hydrogen (secondary N) is 2. The lowest BCUT2D eigenvalue weighted by atomic mass is 10.1. The highest BCUT2D eigenvalue weighted by molar-refractivity contribution is 7.22. The molecule has 2 heterocycles. The molecule has 130 valence electrons. The molecule has 1 amide bonds. The number of amides is 1. The molecule has 8 heteroatoms. The predicted octanol–water partition coefficient (Wildman–Crippen LogP) is 4.49. The van der Waals surface area contributed by atoms with Gasteiger partial charge in [0.2, 0.25) is 5.43 Å². The maximum absolute atomic E-state index is 13.3. The van der Waals surface area contributed by atoms with Crippen molar-refractivity contribution in [3.63, 3.8) is 0 Å². The Morgan fingerprint density at radius 3 is 2.92 bits per heavy atom. The molecule has 4 aromatic rings. The molecule has 0 radical (unpaired) electrons. The molecule has 0 spiro atoms. The highest BCUT2D eigenvalue weighted by atomic mass is 35.5. The fraction of sp³-hybridized carbons (Fsp3) is 0.0556. The minimum absolute atomic E-state index is 0.0374. The first-order valence-corrected chi connectivity index (χ1v) is 8.81. The van der Waals surface area contributed by atoms with E-state index in [0.29, 0.717) is 31.3 Å². The molecule has 0 aliphatic heterocycles. The van der Waals surface area contributed by atoms with Crippen LogP contribution in [0.25, 0.3) is 21.1 Å². The second-order valence-corrected chi connectivity index (χ2v) is 7.15. The number of aromatic nitrogens is 2. The summed E-state index contributed by atoms with van der Waals surface area (Å²) in [4.78, 5) is 32.3. The molecular formula is C18H11ClFN3O2S. The number of H-pyrrole nitrogens is 1. The summed E-state index contributed by atoms with van der Waals surface area (Å²) < 4.78 is 13.9. The molecule has 0 saturated carbocycles. The summed E-state index contributed by atoms with van der Waals surface area (Å²) in [6.45, 7) is 1.79. The van der Waals surface area contributed by atoms with E-state index in [1.807, 2.05) is 0 Å². The minimum Gasteiger partial charge on any atom is -0.360 e. The van der Waals surface area contributed by atoms with Crippen LogP contribution in [0.3, 0.4) is 0 Å². The number of fused-ring (bicyclic) bond motifs is 2. The molecule has 0 saturated heterocycles. The van der Waals surface area contributed by atoms with Gasteiger partial charge in [0.25, 0.3) is 5.91 Å². The van der Waals surface area contributed by atoms with Crippen molar-refractivity contribution in [2.45, 2.75) is 6.92 Å². The Bertz CT molecular complexity index is 1250. The number of carbonyl (C=O) groups excluding carboxylic acids is 1. The van der Waals surface area contributed by atoms with Crippen LogP contribution in [0.15, 0.2) is 41.3 Å². The Hall–Kier alpha value is -2.77. The zero-order valence-electron chi connectivity index (χ0n) is 13.4. The maximum Gasteiger partial charge on any atom is 0.262 e. The average Bonchev–Trinajstić information content (AvgIpc) is 2.99. The second-order valence-electron chi connectivity index (χ2n) is 5.71. The Morgan fingerprint density at radius 1 is 1.31 bits per heavy atom. The van der Waals surface area contributed by atoms with E-state index in [1.54, 1.807) is 19.1 Å². The highest BCUT2D eigenvalue weighted by Crippen LogP contribution is 2.27. The number of halogens is 2. The number of thiazole rings is 1. The molecule has 26 heavy (non-hydrogen) atoms. The number of benzene rings is 2. The molecule has 2 aromatic carbocycles. The van der Waals surface area contributed by atoms with Gasteiger partial charge in [-0.05, 0) is 42.8 Å². The van der Waals surface area contributed by atoms with Crippen molar-refractivity contribution in [1.82, 2.24) is 9.97 Å². The smallest absolute Gasteiger partial charge is 0.262 e. The van der Waals surface area contributed by atoms with Crippen LogP contribution in [0, 0.1) is 12.7 Å². The van der Waals surface area contributed by atoms with Gasteiger partial charge in [-0.25, -0.2) is 9.37 Å². The van der Waals surface area contributed by atoms with Gasteiger partial charge in [0.15, 0.2) is 5.13 Å². The zero-order chi connectivity index (χ0) is 18.4. The molecular weight excluding hydrogens is 377 g/mol. The van der Waals surface area contributed by atoms with Gasteiger partial charge in [-0.15, -0.1) is 0 Å². The molecule has 5 nitrogen and oxygen atoms in total. The standard InChI is InChI=1S/C18H11ClFN3O2S/c1-8-12(19)4-3-10-15(8)21-7-11(16(10)24)17(25)23-18-22-13-5-2-9(20)6-14(13)26-18/h2-7H,1H3,(H,21,24)(H,22,23,25). The van der Waals surface area contributed by atoms with Gasteiger partial charge < -0.3 is 4.98 Å². The van der Waals surface area contributed by atoms with Crippen molar-refractivity contribution in [3.8, 4) is 0 Å². The molecule has 0 bridgehead atoms. The van der Waals surface area contributed by atoms with E-state index in [1.165, 1.54) is 24.4 Å². The van der Waals surface area contributed by atoms with E-state index < -0.39 is 11.3 Å². The second kappa shape index (κ2) is 6.19. The maximum atomic E-state index is 13.3. The van der Waals surface area contributed by atoms with Crippen LogP contribution in [0.2, 0.25) is 5.02 Å². The molecule has 2 N–H and O–H groups in total. The predicted molar refractivity (Wildman–Crippen MR) is 102 cm³/mol. The lowest BCUT2D eigenvalue weighted by Crippen LogP contribution is -2.22.